The monoisotopic (exact) mass is 147 g/mol. The van der Waals surface area contributed by atoms with Gasteiger partial charge in [-0.3, -0.25) is 0 Å². The van der Waals surface area contributed by atoms with Crippen LogP contribution in [-0.2, 0) is 4.74 Å². The SMILES string of the molecule is C#CC1CNCCO1.Cl. The summed E-state index contributed by atoms with van der Waals surface area (Å²) in [5.74, 6) is 2.52. The van der Waals surface area contributed by atoms with Crippen LogP contribution in [0.1, 0.15) is 0 Å². The third-order valence-electron chi connectivity index (χ3n) is 1.11. The molecule has 1 atom stereocenters. The summed E-state index contributed by atoms with van der Waals surface area (Å²) in [5.41, 5.74) is 0. The second-order valence-corrected chi connectivity index (χ2v) is 1.73. The van der Waals surface area contributed by atoms with E-state index in [0.717, 1.165) is 19.7 Å². The van der Waals surface area contributed by atoms with Crippen LogP contribution in [0.25, 0.3) is 0 Å². The number of ether oxygens (including phenoxy) is 1. The molecule has 0 radical (unpaired) electrons. The fourth-order valence-electron chi connectivity index (χ4n) is 0.672. The average molecular weight is 148 g/mol. The summed E-state index contributed by atoms with van der Waals surface area (Å²) in [4.78, 5) is 0. The molecule has 1 unspecified atom stereocenters. The maximum absolute atomic E-state index is 5.13. The van der Waals surface area contributed by atoms with Crippen molar-refractivity contribution in [3.8, 4) is 12.3 Å². The number of nitrogens with one attached hydrogen (secondary N) is 1. The fourth-order valence-corrected chi connectivity index (χ4v) is 0.672. The number of hydrogen-bond acceptors (Lipinski definition) is 2. The van der Waals surface area contributed by atoms with E-state index in [1.807, 2.05) is 0 Å². The zero-order valence-electron chi connectivity index (χ0n) is 5.09. The lowest BCUT2D eigenvalue weighted by molar-refractivity contribution is 0.0652. The molecule has 0 aromatic rings. The minimum absolute atomic E-state index is 0. The zero-order valence-corrected chi connectivity index (χ0v) is 5.91. The van der Waals surface area contributed by atoms with Gasteiger partial charge in [-0.1, -0.05) is 5.92 Å². The molecule has 0 aliphatic carbocycles. The Hall–Kier alpha value is -0.230. The lowest BCUT2D eigenvalue weighted by Crippen LogP contribution is -2.37. The zero-order chi connectivity index (χ0) is 5.82. The summed E-state index contributed by atoms with van der Waals surface area (Å²) in [6.07, 6.45) is 5.09. The van der Waals surface area contributed by atoms with Crippen LogP contribution in [0.3, 0.4) is 0 Å². The maximum Gasteiger partial charge on any atom is 0.130 e. The highest BCUT2D eigenvalue weighted by Gasteiger charge is 2.07. The Labute approximate surface area is 61.4 Å². The minimum Gasteiger partial charge on any atom is -0.363 e. The summed E-state index contributed by atoms with van der Waals surface area (Å²) in [7, 11) is 0. The van der Waals surface area contributed by atoms with Crippen molar-refractivity contribution in [2.45, 2.75) is 6.10 Å². The highest BCUT2D eigenvalue weighted by molar-refractivity contribution is 5.85. The van der Waals surface area contributed by atoms with E-state index in [0.29, 0.717) is 0 Å². The molecule has 0 amide bonds. The molecule has 0 bridgehead atoms. The lowest BCUT2D eigenvalue weighted by Gasteiger charge is -2.18. The van der Waals surface area contributed by atoms with Gasteiger partial charge in [0.2, 0.25) is 0 Å². The summed E-state index contributed by atoms with van der Waals surface area (Å²) >= 11 is 0. The second kappa shape index (κ2) is 4.63. The van der Waals surface area contributed by atoms with Crippen molar-refractivity contribution >= 4 is 12.4 Å². The number of hydrogen-bond donors (Lipinski definition) is 1. The molecule has 9 heavy (non-hydrogen) atoms. The van der Waals surface area contributed by atoms with Crippen LogP contribution in [-0.4, -0.2) is 25.8 Å². The Morgan fingerprint density at radius 1 is 1.67 bits per heavy atom. The van der Waals surface area contributed by atoms with E-state index in [4.69, 9.17) is 11.2 Å². The maximum atomic E-state index is 5.13. The van der Waals surface area contributed by atoms with Gasteiger partial charge >= 0.3 is 0 Å². The number of terminal acetylenes is 1. The van der Waals surface area contributed by atoms with Crippen LogP contribution in [0.4, 0.5) is 0 Å². The molecule has 0 spiro atoms. The predicted molar refractivity (Wildman–Crippen MR) is 38.7 cm³/mol. The van der Waals surface area contributed by atoms with Gasteiger partial charge in [0, 0.05) is 13.1 Å². The average Bonchev–Trinajstić information content (AvgIpc) is 1.90. The number of morpholine rings is 1. The van der Waals surface area contributed by atoms with Crippen molar-refractivity contribution < 1.29 is 4.74 Å². The van der Waals surface area contributed by atoms with Gasteiger partial charge in [0.05, 0.1) is 6.61 Å². The minimum atomic E-state index is 0. The van der Waals surface area contributed by atoms with Gasteiger partial charge in [-0.2, -0.15) is 0 Å². The Bertz CT molecular complexity index is 104. The smallest absolute Gasteiger partial charge is 0.130 e. The van der Waals surface area contributed by atoms with Gasteiger partial charge in [0.25, 0.3) is 0 Å². The molecule has 1 aliphatic heterocycles. The molecular formula is C6H10ClNO. The highest BCUT2D eigenvalue weighted by atomic mass is 35.5. The van der Waals surface area contributed by atoms with Crippen molar-refractivity contribution in [3.05, 3.63) is 0 Å². The third-order valence-corrected chi connectivity index (χ3v) is 1.11. The molecule has 0 aromatic carbocycles. The summed E-state index contributed by atoms with van der Waals surface area (Å²) in [6.45, 7) is 2.48. The molecule has 3 heteroatoms. The number of rotatable bonds is 0. The van der Waals surface area contributed by atoms with Crippen molar-refractivity contribution in [2.24, 2.45) is 0 Å². The first-order valence-corrected chi connectivity index (χ1v) is 2.72. The molecule has 1 aliphatic rings. The molecule has 2 nitrogen and oxygen atoms in total. The molecule has 0 saturated carbocycles. The summed E-state index contributed by atoms with van der Waals surface area (Å²) < 4.78 is 5.13. The third kappa shape index (κ3) is 2.71. The molecule has 1 heterocycles. The largest absolute Gasteiger partial charge is 0.363 e. The first-order chi connectivity index (χ1) is 3.93. The molecular weight excluding hydrogens is 138 g/mol. The van der Waals surface area contributed by atoms with Crippen molar-refractivity contribution in [2.75, 3.05) is 19.7 Å². The van der Waals surface area contributed by atoms with Crippen LogP contribution in [0.5, 0.6) is 0 Å². The predicted octanol–water partition coefficient (Wildman–Crippen LogP) is 0.0298. The van der Waals surface area contributed by atoms with Crippen LogP contribution in [0, 0.1) is 12.3 Å². The van der Waals surface area contributed by atoms with E-state index in [-0.39, 0.29) is 18.5 Å². The summed E-state index contributed by atoms with van der Waals surface area (Å²) in [5, 5.41) is 3.12. The fraction of sp³-hybridized carbons (Fsp3) is 0.667. The lowest BCUT2D eigenvalue weighted by atomic mass is 10.3. The molecule has 1 fully saturated rings. The standard InChI is InChI=1S/C6H9NO.ClH/c1-2-6-5-7-3-4-8-6;/h1,6-7H,3-5H2;1H. The van der Waals surface area contributed by atoms with Gasteiger partial charge in [0.15, 0.2) is 0 Å². The molecule has 0 aromatic heterocycles. The van der Waals surface area contributed by atoms with Crippen molar-refractivity contribution in [1.29, 1.82) is 0 Å². The molecule has 1 rings (SSSR count). The summed E-state index contributed by atoms with van der Waals surface area (Å²) in [6, 6.07) is 0. The normalized spacial score (nSPS) is 25.9. The molecule has 52 valence electrons. The van der Waals surface area contributed by atoms with Gasteiger partial charge in [-0.05, 0) is 0 Å². The topological polar surface area (TPSA) is 21.3 Å². The Morgan fingerprint density at radius 2 is 2.44 bits per heavy atom. The van der Waals surface area contributed by atoms with Crippen LogP contribution in [0.15, 0.2) is 0 Å². The van der Waals surface area contributed by atoms with Crippen LogP contribution >= 0.6 is 12.4 Å². The van der Waals surface area contributed by atoms with E-state index < -0.39 is 0 Å². The second-order valence-electron chi connectivity index (χ2n) is 1.73. The Kier molecular flexibility index (Phi) is 4.51. The quantitative estimate of drug-likeness (QED) is 0.489. The van der Waals surface area contributed by atoms with Crippen LogP contribution in [0.2, 0.25) is 0 Å². The Balaban J connectivity index is 0.000000640. The van der Waals surface area contributed by atoms with Gasteiger partial charge in [-0.15, -0.1) is 18.8 Å². The number of halogens is 1. The first kappa shape index (κ1) is 8.77. The van der Waals surface area contributed by atoms with E-state index in [9.17, 15) is 0 Å². The highest BCUT2D eigenvalue weighted by Crippen LogP contribution is 1.91. The van der Waals surface area contributed by atoms with Crippen molar-refractivity contribution in [3.63, 3.8) is 0 Å². The van der Waals surface area contributed by atoms with Gasteiger partial charge < -0.3 is 10.1 Å². The van der Waals surface area contributed by atoms with E-state index in [1.165, 1.54) is 0 Å². The van der Waals surface area contributed by atoms with E-state index >= 15 is 0 Å². The van der Waals surface area contributed by atoms with Gasteiger partial charge in [-0.25, -0.2) is 0 Å². The first-order valence-electron chi connectivity index (χ1n) is 2.72. The van der Waals surface area contributed by atoms with Crippen LogP contribution < -0.4 is 5.32 Å². The van der Waals surface area contributed by atoms with Crippen molar-refractivity contribution in [1.82, 2.24) is 5.32 Å². The van der Waals surface area contributed by atoms with E-state index in [1.54, 1.807) is 0 Å². The van der Waals surface area contributed by atoms with Gasteiger partial charge in [0.1, 0.15) is 6.10 Å². The molecule has 1 N–H and O–H groups in total. The Morgan fingerprint density at radius 3 is 2.78 bits per heavy atom. The molecule has 1 saturated heterocycles. The van der Waals surface area contributed by atoms with E-state index in [2.05, 4.69) is 11.2 Å².